The second kappa shape index (κ2) is 6.86. The van der Waals surface area contributed by atoms with E-state index in [-0.39, 0.29) is 24.1 Å². The highest BCUT2D eigenvalue weighted by atomic mass is 19.4. The lowest BCUT2D eigenvalue weighted by Gasteiger charge is -2.42. The van der Waals surface area contributed by atoms with Crippen LogP contribution in [-0.4, -0.2) is 21.9 Å². The lowest BCUT2D eigenvalue weighted by molar-refractivity contribution is -0.136. The lowest BCUT2D eigenvalue weighted by atomic mass is 9.77. The number of ether oxygens (including phenoxy) is 1. The number of benzene rings is 1. The first-order chi connectivity index (χ1) is 12.5. The standard InChI is InChI=1S/C20H24F3NO3/c1-12(2)6-7-27-15-8-13-4-5-17(25)24(14-10-19(3,26)11-14)18(13)16(9-15)20(21,22)23/h4-5,8-9,12,14,26H,6-7,10-11H2,1-3H3/t14-,19+. The summed E-state index contributed by atoms with van der Waals surface area (Å²) in [6.45, 7) is 5.96. The molecule has 0 aliphatic heterocycles. The second-order valence-electron chi connectivity index (χ2n) is 8.04. The van der Waals surface area contributed by atoms with E-state index in [1.54, 1.807) is 6.92 Å². The van der Waals surface area contributed by atoms with E-state index < -0.39 is 28.9 Å². The highest BCUT2D eigenvalue weighted by Gasteiger charge is 2.42. The summed E-state index contributed by atoms with van der Waals surface area (Å²) in [6, 6.07) is 4.72. The number of pyridine rings is 1. The zero-order chi connectivity index (χ0) is 20.0. The first kappa shape index (κ1) is 19.7. The number of rotatable bonds is 5. The molecule has 1 fully saturated rings. The van der Waals surface area contributed by atoms with Crippen molar-refractivity contribution >= 4 is 10.9 Å². The molecule has 0 atom stereocenters. The van der Waals surface area contributed by atoms with E-state index in [1.807, 2.05) is 13.8 Å². The Balaban J connectivity index is 2.11. The summed E-state index contributed by atoms with van der Waals surface area (Å²) in [5.41, 5.74) is -2.48. The molecule has 0 saturated heterocycles. The van der Waals surface area contributed by atoms with Crippen molar-refractivity contribution in [1.82, 2.24) is 4.57 Å². The Labute approximate surface area is 155 Å². The largest absolute Gasteiger partial charge is 0.494 e. The molecule has 0 spiro atoms. The van der Waals surface area contributed by atoms with Gasteiger partial charge < -0.3 is 14.4 Å². The maximum atomic E-state index is 13.8. The topological polar surface area (TPSA) is 51.5 Å². The zero-order valence-electron chi connectivity index (χ0n) is 15.6. The van der Waals surface area contributed by atoms with E-state index in [1.165, 1.54) is 22.8 Å². The molecule has 4 nitrogen and oxygen atoms in total. The van der Waals surface area contributed by atoms with Crippen LogP contribution in [0.25, 0.3) is 10.9 Å². The van der Waals surface area contributed by atoms with Gasteiger partial charge in [-0.3, -0.25) is 4.79 Å². The van der Waals surface area contributed by atoms with Crippen LogP contribution < -0.4 is 10.3 Å². The molecule has 2 aromatic rings. The smallest absolute Gasteiger partial charge is 0.418 e. The third-order valence-electron chi connectivity index (χ3n) is 4.98. The van der Waals surface area contributed by atoms with E-state index in [0.717, 1.165) is 12.5 Å². The van der Waals surface area contributed by atoms with Crippen molar-refractivity contribution in [2.75, 3.05) is 6.61 Å². The van der Waals surface area contributed by atoms with Crippen molar-refractivity contribution in [3.8, 4) is 5.75 Å². The van der Waals surface area contributed by atoms with Crippen LogP contribution in [0.1, 0.15) is 51.6 Å². The van der Waals surface area contributed by atoms with Gasteiger partial charge in [0, 0.05) is 17.5 Å². The van der Waals surface area contributed by atoms with Crippen molar-refractivity contribution in [2.45, 2.75) is 57.9 Å². The predicted octanol–water partition coefficient (Wildman–Crippen LogP) is 4.53. The number of aromatic nitrogens is 1. The van der Waals surface area contributed by atoms with Crippen LogP contribution in [0.5, 0.6) is 5.75 Å². The molecule has 1 aromatic carbocycles. The van der Waals surface area contributed by atoms with Gasteiger partial charge in [-0.25, -0.2) is 0 Å². The number of alkyl halides is 3. The summed E-state index contributed by atoms with van der Waals surface area (Å²) in [5, 5.41) is 10.3. The molecule has 0 bridgehead atoms. The maximum absolute atomic E-state index is 13.8. The van der Waals surface area contributed by atoms with Gasteiger partial charge in [-0.2, -0.15) is 13.2 Å². The number of hydrogen-bond acceptors (Lipinski definition) is 3. The van der Waals surface area contributed by atoms with Gasteiger partial charge in [0.05, 0.1) is 23.3 Å². The number of fused-ring (bicyclic) bond motifs is 1. The van der Waals surface area contributed by atoms with Crippen molar-refractivity contribution in [1.29, 1.82) is 0 Å². The average molecular weight is 383 g/mol. The van der Waals surface area contributed by atoms with Gasteiger partial charge in [0.15, 0.2) is 0 Å². The van der Waals surface area contributed by atoms with E-state index in [0.29, 0.717) is 17.9 Å². The molecule has 3 rings (SSSR count). The monoisotopic (exact) mass is 383 g/mol. The minimum absolute atomic E-state index is 0.140. The molecule has 1 N–H and O–H groups in total. The predicted molar refractivity (Wildman–Crippen MR) is 97.1 cm³/mol. The van der Waals surface area contributed by atoms with Crippen LogP contribution in [0.2, 0.25) is 0 Å². The van der Waals surface area contributed by atoms with Crippen LogP contribution >= 0.6 is 0 Å². The van der Waals surface area contributed by atoms with Crippen LogP contribution in [0.4, 0.5) is 13.2 Å². The number of hydrogen-bond donors (Lipinski definition) is 1. The fourth-order valence-electron chi connectivity index (χ4n) is 3.59. The van der Waals surface area contributed by atoms with Crippen molar-refractivity contribution in [3.05, 3.63) is 40.2 Å². The maximum Gasteiger partial charge on any atom is 0.418 e. The molecule has 1 saturated carbocycles. The third kappa shape index (κ3) is 4.13. The first-order valence-electron chi connectivity index (χ1n) is 9.09. The molecule has 1 aliphatic rings. The van der Waals surface area contributed by atoms with E-state index in [2.05, 4.69) is 0 Å². The van der Waals surface area contributed by atoms with Crippen molar-refractivity contribution in [2.24, 2.45) is 5.92 Å². The minimum atomic E-state index is -4.63. The van der Waals surface area contributed by atoms with Crippen LogP contribution in [0.15, 0.2) is 29.1 Å². The van der Waals surface area contributed by atoms with E-state index >= 15 is 0 Å². The van der Waals surface area contributed by atoms with Gasteiger partial charge in [-0.15, -0.1) is 0 Å². The molecule has 0 radical (unpaired) electrons. The molecular formula is C20H24F3NO3. The minimum Gasteiger partial charge on any atom is -0.494 e. The number of nitrogens with zero attached hydrogens (tertiary/aromatic N) is 1. The highest BCUT2D eigenvalue weighted by Crippen LogP contribution is 2.44. The quantitative estimate of drug-likeness (QED) is 0.825. The van der Waals surface area contributed by atoms with E-state index in [9.17, 15) is 23.1 Å². The van der Waals surface area contributed by atoms with Gasteiger partial charge in [-0.1, -0.05) is 13.8 Å². The van der Waals surface area contributed by atoms with Gasteiger partial charge >= 0.3 is 6.18 Å². The Kier molecular flexibility index (Phi) is 5.01. The molecule has 0 amide bonds. The summed E-state index contributed by atoms with van der Waals surface area (Å²) in [4.78, 5) is 12.4. The molecule has 148 valence electrons. The second-order valence-corrected chi connectivity index (χ2v) is 8.04. The Bertz CT molecular complexity index is 892. The highest BCUT2D eigenvalue weighted by molar-refractivity contribution is 5.84. The Morgan fingerprint density at radius 3 is 2.52 bits per heavy atom. The molecular weight excluding hydrogens is 359 g/mol. The lowest BCUT2D eigenvalue weighted by Crippen LogP contribution is -2.45. The van der Waals surface area contributed by atoms with Crippen LogP contribution in [0.3, 0.4) is 0 Å². The van der Waals surface area contributed by atoms with Gasteiger partial charge in [0.25, 0.3) is 5.56 Å². The third-order valence-corrected chi connectivity index (χ3v) is 4.98. The SMILES string of the molecule is CC(C)CCOc1cc(C(F)(F)F)c2c(ccc(=O)n2[C@H]2C[C@@](C)(O)C2)c1. The summed E-state index contributed by atoms with van der Waals surface area (Å²) < 4.78 is 48.0. The molecule has 1 aromatic heterocycles. The number of halogens is 3. The number of aliphatic hydroxyl groups is 1. The first-order valence-corrected chi connectivity index (χ1v) is 9.09. The van der Waals surface area contributed by atoms with Gasteiger partial charge in [-0.05, 0) is 50.3 Å². The Hall–Kier alpha value is -2.02. The molecule has 1 heterocycles. The van der Waals surface area contributed by atoms with Crippen LogP contribution in [-0.2, 0) is 6.18 Å². The normalized spacial score (nSPS) is 22.9. The summed E-state index contributed by atoms with van der Waals surface area (Å²) in [6.07, 6.45) is -3.40. The summed E-state index contributed by atoms with van der Waals surface area (Å²) in [7, 11) is 0. The zero-order valence-corrected chi connectivity index (χ0v) is 15.6. The molecule has 27 heavy (non-hydrogen) atoms. The fraction of sp³-hybridized carbons (Fsp3) is 0.550. The molecule has 0 unspecified atom stereocenters. The van der Waals surface area contributed by atoms with Gasteiger partial charge in [0.1, 0.15) is 5.75 Å². The molecule has 7 heteroatoms. The van der Waals surface area contributed by atoms with Crippen molar-refractivity contribution < 1.29 is 23.0 Å². The van der Waals surface area contributed by atoms with Crippen molar-refractivity contribution in [3.63, 3.8) is 0 Å². The van der Waals surface area contributed by atoms with Crippen LogP contribution in [0, 0.1) is 5.92 Å². The fourth-order valence-corrected chi connectivity index (χ4v) is 3.59. The average Bonchev–Trinajstić information content (AvgIpc) is 2.51. The Morgan fingerprint density at radius 1 is 1.30 bits per heavy atom. The van der Waals surface area contributed by atoms with Gasteiger partial charge in [0.2, 0.25) is 0 Å². The summed E-state index contributed by atoms with van der Waals surface area (Å²) >= 11 is 0. The Morgan fingerprint density at radius 2 is 1.96 bits per heavy atom. The summed E-state index contributed by atoms with van der Waals surface area (Å²) in [5.74, 6) is 0.519. The van der Waals surface area contributed by atoms with E-state index in [4.69, 9.17) is 4.74 Å². The molecule has 1 aliphatic carbocycles.